The summed E-state index contributed by atoms with van der Waals surface area (Å²) in [6.07, 6.45) is 2.27. The van der Waals surface area contributed by atoms with Crippen molar-refractivity contribution in [3.63, 3.8) is 0 Å². The molecule has 4 nitrogen and oxygen atoms in total. The highest BCUT2D eigenvalue weighted by molar-refractivity contribution is 5.93. The van der Waals surface area contributed by atoms with E-state index in [2.05, 4.69) is 12.2 Å². The van der Waals surface area contributed by atoms with Gasteiger partial charge >= 0.3 is 0 Å². The normalized spacial score (nSPS) is 17.9. The van der Waals surface area contributed by atoms with E-state index in [1.165, 1.54) is 5.56 Å². The van der Waals surface area contributed by atoms with Crippen LogP contribution in [0.2, 0.25) is 0 Å². The van der Waals surface area contributed by atoms with Crippen LogP contribution >= 0.6 is 0 Å². The number of aryl methyl sites for hydroxylation is 1. The lowest BCUT2D eigenvalue weighted by Gasteiger charge is -2.28. The van der Waals surface area contributed by atoms with Crippen LogP contribution in [-0.4, -0.2) is 25.2 Å². The Labute approximate surface area is 120 Å². The number of nitrogens with two attached hydrogens (primary N) is 1. The van der Waals surface area contributed by atoms with Crippen LogP contribution in [-0.2, 0) is 11.3 Å². The summed E-state index contributed by atoms with van der Waals surface area (Å²) in [7, 11) is 0. The number of hydrogen-bond acceptors (Lipinski definition) is 3. The maximum Gasteiger partial charge on any atom is 0.248 e. The molecule has 0 aliphatic carbocycles. The van der Waals surface area contributed by atoms with Crippen molar-refractivity contribution >= 4 is 5.91 Å². The molecule has 110 valence electrons. The topological polar surface area (TPSA) is 64.4 Å². The smallest absolute Gasteiger partial charge is 0.248 e. The lowest BCUT2D eigenvalue weighted by atomic mass is 9.92. The van der Waals surface area contributed by atoms with Crippen LogP contribution in [0.15, 0.2) is 18.2 Å². The van der Waals surface area contributed by atoms with Gasteiger partial charge in [-0.05, 0) is 55.9 Å². The third-order valence-corrected chi connectivity index (χ3v) is 4.21. The first-order valence-corrected chi connectivity index (χ1v) is 7.28. The lowest BCUT2D eigenvalue weighted by Crippen LogP contribution is -2.36. The van der Waals surface area contributed by atoms with E-state index in [0.29, 0.717) is 17.5 Å². The summed E-state index contributed by atoms with van der Waals surface area (Å²) in [5.74, 6) is 0.317. The van der Waals surface area contributed by atoms with E-state index in [1.54, 1.807) is 6.07 Å². The van der Waals surface area contributed by atoms with Gasteiger partial charge in [0.05, 0.1) is 0 Å². The summed E-state index contributed by atoms with van der Waals surface area (Å²) < 4.78 is 5.40. The largest absolute Gasteiger partial charge is 0.381 e. The predicted molar refractivity (Wildman–Crippen MR) is 79.5 cm³/mol. The average molecular weight is 276 g/mol. The Morgan fingerprint density at radius 2 is 2.15 bits per heavy atom. The van der Waals surface area contributed by atoms with Gasteiger partial charge in [0.15, 0.2) is 0 Å². The highest BCUT2D eigenvalue weighted by Gasteiger charge is 2.20. The van der Waals surface area contributed by atoms with Crippen LogP contribution < -0.4 is 11.1 Å². The third-order valence-electron chi connectivity index (χ3n) is 4.21. The van der Waals surface area contributed by atoms with Gasteiger partial charge in [0, 0.05) is 31.4 Å². The van der Waals surface area contributed by atoms with E-state index in [4.69, 9.17) is 10.5 Å². The van der Waals surface area contributed by atoms with Gasteiger partial charge in [-0.1, -0.05) is 6.07 Å². The molecule has 4 heteroatoms. The highest BCUT2D eigenvalue weighted by Crippen LogP contribution is 2.19. The number of carbonyl (C=O) groups is 1. The Hall–Kier alpha value is -1.39. The van der Waals surface area contributed by atoms with Crippen molar-refractivity contribution in [2.24, 2.45) is 11.7 Å². The molecule has 0 saturated carbocycles. The van der Waals surface area contributed by atoms with Gasteiger partial charge in [0.25, 0.3) is 0 Å². The maximum absolute atomic E-state index is 11.1. The molecule has 1 atom stereocenters. The van der Waals surface area contributed by atoms with Crippen molar-refractivity contribution in [3.8, 4) is 0 Å². The second kappa shape index (κ2) is 6.86. The molecule has 0 aromatic heterocycles. The molecular weight excluding hydrogens is 252 g/mol. The van der Waals surface area contributed by atoms with Crippen LogP contribution in [0.25, 0.3) is 0 Å². The molecule has 0 radical (unpaired) electrons. The summed E-state index contributed by atoms with van der Waals surface area (Å²) >= 11 is 0. The molecule has 1 amide bonds. The fourth-order valence-corrected chi connectivity index (χ4v) is 2.70. The van der Waals surface area contributed by atoms with E-state index < -0.39 is 0 Å². The number of ether oxygens (including phenoxy) is 1. The van der Waals surface area contributed by atoms with E-state index >= 15 is 0 Å². The molecule has 1 aromatic carbocycles. The predicted octanol–water partition coefficient (Wildman–Crippen LogP) is 2.00. The minimum absolute atomic E-state index is 0.372. The Bertz CT molecular complexity index is 468. The monoisotopic (exact) mass is 276 g/mol. The molecule has 0 bridgehead atoms. The van der Waals surface area contributed by atoms with Crippen LogP contribution in [0.3, 0.4) is 0 Å². The van der Waals surface area contributed by atoms with Crippen molar-refractivity contribution in [1.29, 1.82) is 0 Å². The van der Waals surface area contributed by atoms with Gasteiger partial charge in [-0.15, -0.1) is 0 Å². The van der Waals surface area contributed by atoms with Gasteiger partial charge in [-0.2, -0.15) is 0 Å². The SMILES string of the molecule is Cc1cc(C(N)=O)ccc1CNC(C)C1CCOCC1. The molecule has 1 aliphatic rings. The molecular formula is C16H24N2O2. The number of primary amides is 1. The van der Waals surface area contributed by atoms with Crippen molar-refractivity contribution in [3.05, 3.63) is 34.9 Å². The molecule has 3 N–H and O–H groups in total. The molecule has 2 rings (SSSR count). The first-order valence-electron chi connectivity index (χ1n) is 7.28. The van der Waals surface area contributed by atoms with Gasteiger partial charge in [-0.3, -0.25) is 4.79 Å². The molecule has 1 saturated heterocycles. The molecule has 1 fully saturated rings. The fourth-order valence-electron chi connectivity index (χ4n) is 2.70. The lowest BCUT2D eigenvalue weighted by molar-refractivity contribution is 0.0558. The maximum atomic E-state index is 11.1. The van der Waals surface area contributed by atoms with Crippen LogP contribution in [0.5, 0.6) is 0 Å². The molecule has 1 unspecified atom stereocenters. The fraction of sp³-hybridized carbons (Fsp3) is 0.562. The minimum atomic E-state index is -0.372. The summed E-state index contributed by atoms with van der Waals surface area (Å²) in [5.41, 5.74) is 8.18. The van der Waals surface area contributed by atoms with Crippen LogP contribution in [0.1, 0.15) is 41.3 Å². The Morgan fingerprint density at radius 1 is 1.45 bits per heavy atom. The number of rotatable bonds is 5. The van der Waals surface area contributed by atoms with E-state index in [0.717, 1.165) is 38.2 Å². The summed E-state index contributed by atoms with van der Waals surface area (Å²) in [6.45, 7) is 6.83. The Morgan fingerprint density at radius 3 is 2.75 bits per heavy atom. The van der Waals surface area contributed by atoms with E-state index in [-0.39, 0.29) is 5.91 Å². The number of benzene rings is 1. The number of carbonyl (C=O) groups excluding carboxylic acids is 1. The van der Waals surface area contributed by atoms with Gasteiger partial charge in [0.1, 0.15) is 0 Å². The van der Waals surface area contributed by atoms with Crippen molar-refractivity contribution in [1.82, 2.24) is 5.32 Å². The molecule has 0 spiro atoms. The Kier molecular flexibility index (Phi) is 5.15. The van der Waals surface area contributed by atoms with Crippen molar-refractivity contribution in [2.45, 2.75) is 39.3 Å². The second-order valence-corrected chi connectivity index (χ2v) is 5.62. The number of hydrogen-bond donors (Lipinski definition) is 2. The molecule has 1 heterocycles. The molecule has 1 aliphatic heterocycles. The summed E-state index contributed by atoms with van der Waals surface area (Å²) in [4.78, 5) is 11.1. The van der Waals surface area contributed by atoms with E-state index in [1.807, 2.05) is 19.1 Å². The van der Waals surface area contributed by atoms with E-state index in [9.17, 15) is 4.79 Å². The standard InChI is InChI=1S/C16H24N2O2/c1-11-9-14(16(17)19)3-4-15(11)10-18-12(2)13-5-7-20-8-6-13/h3-4,9,12-13,18H,5-8,10H2,1-2H3,(H2,17,19). The Balaban J connectivity index is 1.91. The quantitative estimate of drug-likeness (QED) is 0.864. The first-order chi connectivity index (χ1) is 9.58. The molecule has 1 aromatic rings. The molecule has 20 heavy (non-hydrogen) atoms. The number of nitrogens with one attached hydrogen (secondary N) is 1. The van der Waals surface area contributed by atoms with Crippen LogP contribution in [0, 0.1) is 12.8 Å². The van der Waals surface area contributed by atoms with Gasteiger partial charge in [-0.25, -0.2) is 0 Å². The van der Waals surface area contributed by atoms with Gasteiger partial charge < -0.3 is 15.8 Å². The van der Waals surface area contributed by atoms with Gasteiger partial charge in [0.2, 0.25) is 5.91 Å². The summed E-state index contributed by atoms with van der Waals surface area (Å²) in [5, 5.41) is 3.59. The number of amides is 1. The van der Waals surface area contributed by atoms with Crippen molar-refractivity contribution in [2.75, 3.05) is 13.2 Å². The average Bonchev–Trinajstić information content (AvgIpc) is 2.46. The highest BCUT2D eigenvalue weighted by atomic mass is 16.5. The van der Waals surface area contributed by atoms with Crippen molar-refractivity contribution < 1.29 is 9.53 Å². The first kappa shape index (κ1) is 15.0. The third kappa shape index (κ3) is 3.81. The summed E-state index contributed by atoms with van der Waals surface area (Å²) in [6, 6.07) is 6.12. The van der Waals surface area contributed by atoms with Crippen LogP contribution in [0.4, 0.5) is 0 Å². The second-order valence-electron chi connectivity index (χ2n) is 5.62. The zero-order chi connectivity index (χ0) is 14.5. The minimum Gasteiger partial charge on any atom is -0.381 e. The zero-order valence-electron chi connectivity index (χ0n) is 12.3. The zero-order valence-corrected chi connectivity index (χ0v) is 12.3.